The van der Waals surface area contributed by atoms with Crippen LogP contribution in [0.15, 0.2) is 12.2 Å². The van der Waals surface area contributed by atoms with Crippen LogP contribution in [0.1, 0.15) is 33.6 Å². The van der Waals surface area contributed by atoms with Crippen LogP contribution in [-0.2, 0) is 0 Å². The molecule has 94 valence electrons. The molecule has 1 saturated carbocycles. The van der Waals surface area contributed by atoms with Gasteiger partial charge in [0.2, 0.25) is 0 Å². The summed E-state index contributed by atoms with van der Waals surface area (Å²) >= 11 is 0. The zero-order chi connectivity index (χ0) is 12.3. The molecule has 0 spiro atoms. The Morgan fingerprint density at radius 3 is 2.56 bits per heavy atom. The van der Waals surface area contributed by atoms with Crippen LogP contribution in [0, 0.1) is 17.3 Å². The van der Waals surface area contributed by atoms with Crippen LogP contribution in [-0.4, -0.2) is 34.1 Å². The summed E-state index contributed by atoms with van der Waals surface area (Å²) in [6.07, 6.45) is 4.29. The van der Waals surface area contributed by atoms with Crippen molar-refractivity contribution in [1.82, 2.24) is 0 Å². The minimum absolute atomic E-state index is 0.0444. The molecule has 3 heteroatoms. The van der Waals surface area contributed by atoms with Gasteiger partial charge in [-0.3, -0.25) is 0 Å². The molecule has 16 heavy (non-hydrogen) atoms. The molecule has 0 aromatic carbocycles. The molecule has 0 heterocycles. The van der Waals surface area contributed by atoms with Gasteiger partial charge in [0.15, 0.2) is 0 Å². The van der Waals surface area contributed by atoms with Crippen molar-refractivity contribution in [3.05, 3.63) is 12.2 Å². The van der Waals surface area contributed by atoms with Gasteiger partial charge in [-0.2, -0.15) is 0 Å². The Bertz CT molecular complexity index is 248. The molecule has 0 aromatic rings. The second kappa shape index (κ2) is 5.30. The van der Waals surface area contributed by atoms with Crippen molar-refractivity contribution in [2.45, 2.75) is 45.8 Å². The Morgan fingerprint density at radius 2 is 2.06 bits per heavy atom. The van der Waals surface area contributed by atoms with Crippen molar-refractivity contribution in [2.24, 2.45) is 17.3 Å². The van der Waals surface area contributed by atoms with E-state index in [1.54, 1.807) is 6.08 Å². The zero-order valence-electron chi connectivity index (χ0n) is 10.4. The third-order valence-electron chi connectivity index (χ3n) is 3.65. The van der Waals surface area contributed by atoms with Crippen molar-refractivity contribution < 1.29 is 15.3 Å². The molecule has 0 aliphatic heterocycles. The first-order valence-corrected chi connectivity index (χ1v) is 6.02. The number of hydrogen-bond donors (Lipinski definition) is 3. The minimum atomic E-state index is -0.769. The monoisotopic (exact) mass is 228 g/mol. The molecule has 0 aromatic heterocycles. The molecule has 0 saturated heterocycles. The van der Waals surface area contributed by atoms with E-state index in [4.69, 9.17) is 5.11 Å². The summed E-state index contributed by atoms with van der Waals surface area (Å²) in [6, 6.07) is 0. The van der Waals surface area contributed by atoms with Crippen molar-refractivity contribution in [3.8, 4) is 0 Å². The summed E-state index contributed by atoms with van der Waals surface area (Å²) in [5.74, 6) is 0.748. The highest BCUT2D eigenvalue weighted by Crippen LogP contribution is 2.44. The topological polar surface area (TPSA) is 60.7 Å². The van der Waals surface area contributed by atoms with E-state index in [2.05, 4.69) is 20.8 Å². The molecule has 0 bridgehead atoms. The molecule has 4 atom stereocenters. The zero-order valence-corrected chi connectivity index (χ0v) is 10.4. The maximum absolute atomic E-state index is 9.74. The van der Waals surface area contributed by atoms with Crippen LogP contribution >= 0.6 is 0 Å². The fourth-order valence-corrected chi connectivity index (χ4v) is 2.93. The van der Waals surface area contributed by atoms with Gasteiger partial charge < -0.3 is 15.3 Å². The first-order chi connectivity index (χ1) is 7.36. The summed E-state index contributed by atoms with van der Waals surface area (Å²) in [5.41, 5.74) is 0.0444. The second-order valence-electron chi connectivity index (χ2n) is 5.72. The average Bonchev–Trinajstić information content (AvgIpc) is 2.14. The van der Waals surface area contributed by atoms with Gasteiger partial charge in [-0.1, -0.05) is 32.9 Å². The molecule has 1 rings (SSSR count). The van der Waals surface area contributed by atoms with E-state index < -0.39 is 6.10 Å². The smallest absolute Gasteiger partial charge is 0.0951 e. The molecule has 0 radical (unpaired) electrons. The number of rotatable bonds is 3. The predicted octanol–water partition coefficient (Wildman–Crippen LogP) is 1.33. The van der Waals surface area contributed by atoms with Gasteiger partial charge in [-0.25, -0.2) is 0 Å². The number of allylic oxidation sites excluding steroid dienone is 1. The van der Waals surface area contributed by atoms with Gasteiger partial charge in [0.05, 0.1) is 18.8 Å². The van der Waals surface area contributed by atoms with Gasteiger partial charge in [0, 0.05) is 0 Å². The lowest BCUT2D eigenvalue weighted by molar-refractivity contribution is 0.00718. The molecule has 1 fully saturated rings. The van der Waals surface area contributed by atoms with Gasteiger partial charge in [0.1, 0.15) is 0 Å². The van der Waals surface area contributed by atoms with Gasteiger partial charge >= 0.3 is 0 Å². The number of aliphatic hydroxyl groups is 3. The van der Waals surface area contributed by atoms with Crippen LogP contribution in [0.3, 0.4) is 0 Å². The normalized spacial score (nSPS) is 36.5. The summed E-state index contributed by atoms with van der Waals surface area (Å²) in [7, 11) is 0. The predicted molar refractivity (Wildman–Crippen MR) is 63.9 cm³/mol. The van der Waals surface area contributed by atoms with Crippen LogP contribution in [0.2, 0.25) is 0 Å². The third-order valence-corrected chi connectivity index (χ3v) is 3.65. The van der Waals surface area contributed by atoms with Crippen LogP contribution in [0.25, 0.3) is 0 Å². The van der Waals surface area contributed by atoms with E-state index in [1.165, 1.54) is 0 Å². The maximum Gasteiger partial charge on any atom is 0.0951 e. The lowest BCUT2D eigenvalue weighted by Gasteiger charge is -2.43. The Morgan fingerprint density at radius 1 is 1.44 bits per heavy atom. The molecular weight excluding hydrogens is 204 g/mol. The van der Waals surface area contributed by atoms with Crippen LogP contribution < -0.4 is 0 Å². The highest BCUT2D eigenvalue weighted by molar-refractivity contribution is 5.03. The molecule has 3 nitrogen and oxygen atoms in total. The molecule has 1 aliphatic carbocycles. The van der Waals surface area contributed by atoms with Crippen LogP contribution in [0.4, 0.5) is 0 Å². The Balaban J connectivity index is 2.73. The average molecular weight is 228 g/mol. The van der Waals surface area contributed by atoms with E-state index in [0.29, 0.717) is 11.8 Å². The van der Waals surface area contributed by atoms with Crippen molar-refractivity contribution in [3.63, 3.8) is 0 Å². The number of aliphatic hydroxyl groups excluding tert-OH is 3. The maximum atomic E-state index is 9.74. The fourth-order valence-electron chi connectivity index (χ4n) is 2.93. The largest absolute Gasteiger partial charge is 0.393 e. The molecular formula is C13H24O3. The lowest BCUT2D eigenvalue weighted by atomic mass is 9.63. The first-order valence-electron chi connectivity index (χ1n) is 6.02. The van der Waals surface area contributed by atoms with Crippen molar-refractivity contribution >= 4 is 0 Å². The summed E-state index contributed by atoms with van der Waals surface area (Å²) in [6.45, 7) is 6.18. The summed E-state index contributed by atoms with van der Waals surface area (Å²) < 4.78 is 0. The van der Waals surface area contributed by atoms with Crippen molar-refractivity contribution in [1.29, 1.82) is 0 Å². The van der Waals surface area contributed by atoms with E-state index in [1.807, 2.05) is 6.08 Å². The summed E-state index contributed by atoms with van der Waals surface area (Å²) in [5, 5.41) is 27.8. The van der Waals surface area contributed by atoms with E-state index in [9.17, 15) is 10.2 Å². The Labute approximate surface area is 97.8 Å². The lowest BCUT2D eigenvalue weighted by Crippen LogP contribution is -2.39. The SMILES string of the molecule is C[C@@H]1C[C@H](O)CC(C)(C)[C@H]1/C=C/[C@@H](O)CO. The highest BCUT2D eigenvalue weighted by atomic mass is 16.3. The first kappa shape index (κ1) is 13.7. The fraction of sp³-hybridized carbons (Fsp3) is 0.846. The van der Waals surface area contributed by atoms with E-state index in [-0.39, 0.29) is 18.1 Å². The van der Waals surface area contributed by atoms with E-state index >= 15 is 0 Å². The quantitative estimate of drug-likeness (QED) is 0.639. The Hall–Kier alpha value is -0.380. The van der Waals surface area contributed by atoms with Gasteiger partial charge in [-0.05, 0) is 30.1 Å². The van der Waals surface area contributed by atoms with Gasteiger partial charge in [0.25, 0.3) is 0 Å². The second-order valence-corrected chi connectivity index (χ2v) is 5.72. The highest BCUT2D eigenvalue weighted by Gasteiger charge is 2.38. The summed E-state index contributed by atoms with van der Waals surface area (Å²) in [4.78, 5) is 0. The molecule has 3 N–H and O–H groups in total. The third kappa shape index (κ3) is 3.30. The van der Waals surface area contributed by atoms with Crippen LogP contribution in [0.5, 0.6) is 0 Å². The van der Waals surface area contributed by atoms with Crippen molar-refractivity contribution in [2.75, 3.05) is 6.61 Å². The molecule has 0 unspecified atom stereocenters. The molecule has 0 amide bonds. The van der Waals surface area contributed by atoms with E-state index in [0.717, 1.165) is 12.8 Å². The number of hydrogen-bond acceptors (Lipinski definition) is 3. The Kier molecular flexibility index (Phi) is 4.53. The standard InChI is InChI=1S/C13H24O3/c1-9-6-11(16)7-13(2,3)12(9)5-4-10(15)8-14/h4-5,9-12,14-16H,6-8H2,1-3H3/b5-4+/t9-,10-,11+,12+/m1/s1. The van der Waals surface area contributed by atoms with Gasteiger partial charge in [-0.15, -0.1) is 0 Å². The minimum Gasteiger partial charge on any atom is -0.393 e. The molecule has 1 aliphatic rings.